The second-order valence-corrected chi connectivity index (χ2v) is 6.85. The molecule has 0 aliphatic carbocycles. The molecule has 1 amide bonds. The van der Waals surface area contributed by atoms with Crippen molar-refractivity contribution >= 4 is 38.3 Å². The van der Waals surface area contributed by atoms with Crippen molar-refractivity contribution in [2.24, 2.45) is 0 Å². The number of benzene rings is 2. The number of nitrogens with zero attached hydrogens (tertiary/aromatic N) is 2. The zero-order valence-corrected chi connectivity index (χ0v) is 14.7. The van der Waals surface area contributed by atoms with Crippen molar-refractivity contribution in [1.82, 2.24) is 4.98 Å². The second-order valence-electron chi connectivity index (χ2n) is 5.84. The number of fused-ring (bicyclic) bond motifs is 1. The van der Waals surface area contributed by atoms with Crippen molar-refractivity contribution in [3.63, 3.8) is 0 Å². The van der Waals surface area contributed by atoms with Gasteiger partial charge in [-0.3, -0.25) is 9.69 Å². The SMILES string of the molecule is COc1cccc(N(C(=O)C2CCCO2)c2nc3ccccc3s2)c1. The normalized spacial score (nSPS) is 16.9. The summed E-state index contributed by atoms with van der Waals surface area (Å²) in [5.74, 6) is 0.619. The van der Waals surface area contributed by atoms with Crippen LogP contribution in [0.15, 0.2) is 48.5 Å². The molecule has 1 unspecified atom stereocenters. The summed E-state index contributed by atoms with van der Waals surface area (Å²) in [6.45, 7) is 0.627. The van der Waals surface area contributed by atoms with Crippen LogP contribution in [0.25, 0.3) is 10.2 Å². The van der Waals surface area contributed by atoms with Gasteiger partial charge in [0, 0.05) is 12.7 Å². The van der Waals surface area contributed by atoms with Gasteiger partial charge in [-0.25, -0.2) is 4.98 Å². The van der Waals surface area contributed by atoms with Crippen LogP contribution in [0.1, 0.15) is 12.8 Å². The highest BCUT2D eigenvalue weighted by atomic mass is 32.1. The van der Waals surface area contributed by atoms with Crippen molar-refractivity contribution in [3.05, 3.63) is 48.5 Å². The summed E-state index contributed by atoms with van der Waals surface area (Å²) >= 11 is 1.50. The van der Waals surface area contributed by atoms with Gasteiger partial charge >= 0.3 is 0 Å². The number of methoxy groups -OCH3 is 1. The van der Waals surface area contributed by atoms with Crippen molar-refractivity contribution in [1.29, 1.82) is 0 Å². The summed E-state index contributed by atoms with van der Waals surface area (Å²) < 4.78 is 12.0. The number of thiazole rings is 1. The largest absolute Gasteiger partial charge is 0.497 e. The van der Waals surface area contributed by atoms with E-state index in [1.54, 1.807) is 12.0 Å². The molecule has 0 saturated carbocycles. The lowest BCUT2D eigenvalue weighted by molar-refractivity contribution is -0.126. The van der Waals surface area contributed by atoms with Crippen molar-refractivity contribution in [3.8, 4) is 5.75 Å². The zero-order valence-electron chi connectivity index (χ0n) is 13.8. The Kier molecular flexibility index (Phi) is 4.38. The predicted molar refractivity (Wildman–Crippen MR) is 98.7 cm³/mol. The predicted octanol–water partition coefficient (Wildman–Crippen LogP) is 4.15. The Morgan fingerprint density at radius 1 is 1.28 bits per heavy atom. The Balaban J connectivity index is 1.80. The molecule has 1 fully saturated rings. The summed E-state index contributed by atoms with van der Waals surface area (Å²) in [6, 6.07) is 15.4. The minimum atomic E-state index is -0.418. The standard InChI is InChI=1S/C19H18N2O3S/c1-23-14-7-4-6-13(12-14)21(18(22)16-9-5-11-24-16)19-20-15-8-2-3-10-17(15)25-19/h2-4,6-8,10,12,16H,5,9,11H2,1H3. The van der Waals surface area contributed by atoms with Crippen LogP contribution in [0, 0.1) is 0 Å². The quantitative estimate of drug-likeness (QED) is 0.706. The van der Waals surface area contributed by atoms with E-state index in [4.69, 9.17) is 9.47 Å². The maximum Gasteiger partial charge on any atom is 0.262 e. The van der Waals surface area contributed by atoms with Gasteiger partial charge in [0.25, 0.3) is 5.91 Å². The molecule has 3 aromatic rings. The highest BCUT2D eigenvalue weighted by Crippen LogP contribution is 2.36. The van der Waals surface area contributed by atoms with Crippen LogP contribution in [0.4, 0.5) is 10.8 Å². The molecule has 0 bridgehead atoms. The van der Waals surface area contributed by atoms with E-state index in [0.717, 1.165) is 28.7 Å². The number of hydrogen-bond acceptors (Lipinski definition) is 5. The molecule has 1 aromatic heterocycles. The molecule has 0 spiro atoms. The molecule has 1 aliphatic heterocycles. The van der Waals surface area contributed by atoms with Crippen LogP contribution in [-0.4, -0.2) is 30.7 Å². The van der Waals surface area contributed by atoms with Crippen LogP contribution in [0.2, 0.25) is 0 Å². The highest BCUT2D eigenvalue weighted by molar-refractivity contribution is 7.22. The van der Waals surface area contributed by atoms with Crippen LogP contribution in [0.3, 0.4) is 0 Å². The van der Waals surface area contributed by atoms with E-state index < -0.39 is 6.10 Å². The summed E-state index contributed by atoms with van der Waals surface area (Å²) in [6.07, 6.45) is 1.23. The van der Waals surface area contributed by atoms with E-state index in [1.807, 2.05) is 48.5 Å². The Morgan fingerprint density at radius 2 is 2.16 bits per heavy atom. The minimum absolute atomic E-state index is 0.0789. The fourth-order valence-corrected chi connectivity index (χ4v) is 3.95. The number of carbonyl (C=O) groups is 1. The molecular formula is C19H18N2O3S. The fraction of sp³-hybridized carbons (Fsp3) is 0.263. The Bertz CT molecular complexity index is 869. The van der Waals surface area contributed by atoms with Crippen LogP contribution in [-0.2, 0) is 9.53 Å². The third kappa shape index (κ3) is 3.10. The molecular weight excluding hydrogens is 336 g/mol. The smallest absolute Gasteiger partial charge is 0.262 e. The van der Waals surface area contributed by atoms with Gasteiger partial charge in [-0.1, -0.05) is 29.5 Å². The van der Waals surface area contributed by atoms with Crippen molar-refractivity contribution < 1.29 is 14.3 Å². The maximum absolute atomic E-state index is 13.1. The Morgan fingerprint density at radius 3 is 2.92 bits per heavy atom. The average molecular weight is 354 g/mol. The first kappa shape index (κ1) is 16.1. The lowest BCUT2D eigenvalue weighted by Crippen LogP contribution is -2.35. The average Bonchev–Trinajstić information content (AvgIpc) is 3.31. The van der Waals surface area contributed by atoms with Gasteiger partial charge in [0.05, 0.1) is 23.0 Å². The topological polar surface area (TPSA) is 51.7 Å². The van der Waals surface area contributed by atoms with Gasteiger partial charge < -0.3 is 9.47 Å². The number of ether oxygens (including phenoxy) is 2. The van der Waals surface area contributed by atoms with E-state index in [2.05, 4.69) is 4.98 Å². The van der Waals surface area contributed by atoms with E-state index in [1.165, 1.54) is 11.3 Å². The molecule has 4 rings (SSSR count). The molecule has 1 saturated heterocycles. The second kappa shape index (κ2) is 6.82. The number of hydrogen-bond donors (Lipinski definition) is 0. The van der Waals surface area contributed by atoms with E-state index in [0.29, 0.717) is 17.5 Å². The number of amides is 1. The van der Waals surface area contributed by atoms with E-state index in [9.17, 15) is 4.79 Å². The highest BCUT2D eigenvalue weighted by Gasteiger charge is 2.32. The van der Waals surface area contributed by atoms with Crippen LogP contribution in [0.5, 0.6) is 5.75 Å². The third-order valence-corrected chi connectivity index (χ3v) is 5.23. The number of rotatable bonds is 4. The monoisotopic (exact) mass is 354 g/mol. The maximum atomic E-state index is 13.1. The number of para-hydroxylation sites is 1. The van der Waals surface area contributed by atoms with Gasteiger partial charge in [-0.05, 0) is 37.1 Å². The van der Waals surface area contributed by atoms with Crippen LogP contribution < -0.4 is 9.64 Å². The lowest BCUT2D eigenvalue weighted by atomic mass is 10.2. The fourth-order valence-electron chi connectivity index (χ4n) is 2.95. The molecule has 5 nitrogen and oxygen atoms in total. The molecule has 2 heterocycles. The molecule has 0 N–H and O–H groups in total. The molecule has 1 aliphatic rings. The third-order valence-electron chi connectivity index (χ3n) is 4.21. The first-order chi connectivity index (χ1) is 12.3. The molecule has 2 aromatic carbocycles. The van der Waals surface area contributed by atoms with Gasteiger partial charge in [0.2, 0.25) is 0 Å². The number of anilines is 2. The van der Waals surface area contributed by atoms with Gasteiger partial charge in [-0.2, -0.15) is 0 Å². The number of carbonyl (C=O) groups excluding carboxylic acids is 1. The van der Waals surface area contributed by atoms with Crippen molar-refractivity contribution in [2.75, 3.05) is 18.6 Å². The molecule has 6 heteroatoms. The van der Waals surface area contributed by atoms with Gasteiger partial charge in [0.15, 0.2) is 5.13 Å². The summed E-state index contributed by atoms with van der Waals surface area (Å²) in [5, 5.41) is 0.648. The molecule has 1 atom stereocenters. The zero-order chi connectivity index (χ0) is 17.2. The molecule has 25 heavy (non-hydrogen) atoms. The first-order valence-electron chi connectivity index (χ1n) is 8.21. The summed E-state index contributed by atoms with van der Waals surface area (Å²) in [4.78, 5) is 19.5. The number of aromatic nitrogens is 1. The Labute approximate surface area is 149 Å². The summed E-state index contributed by atoms with van der Waals surface area (Å²) in [7, 11) is 1.61. The Hall–Kier alpha value is -2.44. The molecule has 128 valence electrons. The van der Waals surface area contributed by atoms with Gasteiger partial charge in [-0.15, -0.1) is 0 Å². The first-order valence-corrected chi connectivity index (χ1v) is 9.03. The van der Waals surface area contributed by atoms with Crippen LogP contribution >= 0.6 is 11.3 Å². The van der Waals surface area contributed by atoms with Crippen molar-refractivity contribution in [2.45, 2.75) is 18.9 Å². The van der Waals surface area contributed by atoms with E-state index in [-0.39, 0.29) is 5.91 Å². The molecule has 0 radical (unpaired) electrons. The van der Waals surface area contributed by atoms with E-state index >= 15 is 0 Å². The minimum Gasteiger partial charge on any atom is -0.497 e. The van der Waals surface area contributed by atoms with Gasteiger partial charge in [0.1, 0.15) is 11.9 Å². The lowest BCUT2D eigenvalue weighted by Gasteiger charge is -2.23. The summed E-state index contributed by atoms with van der Waals surface area (Å²) in [5.41, 5.74) is 1.62.